The summed E-state index contributed by atoms with van der Waals surface area (Å²) < 4.78 is 5.32. The monoisotopic (exact) mass is 288 g/mol. The molecule has 1 aliphatic heterocycles. The van der Waals surface area contributed by atoms with Crippen LogP contribution < -0.4 is 10.6 Å². The molecule has 2 fully saturated rings. The van der Waals surface area contributed by atoms with Crippen molar-refractivity contribution in [2.75, 3.05) is 19.0 Å². The van der Waals surface area contributed by atoms with Gasteiger partial charge in [-0.2, -0.15) is 0 Å². The first kappa shape index (κ1) is 14.9. The summed E-state index contributed by atoms with van der Waals surface area (Å²) in [6.45, 7) is 1.89. The van der Waals surface area contributed by atoms with E-state index >= 15 is 0 Å². The third kappa shape index (κ3) is 3.58. The molecule has 21 heavy (non-hydrogen) atoms. The summed E-state index contributed by atoms with van der Waals surface area (Å²) in [4.78, 5) is 0. The summed E-state index contributed by atoms with van der Waals surface area (Å²) in [5.74, 6) is 0.779. The lowest BCUT2D eigenvalue weighted by Crippen LogP contribution is -2.44. The SMILES string of the molecule is COCc1ccccc1NC1CCCC1C1CCCCN1. The van der Waals surface area contributed by atoms with Crippen LogP contribution in [0.4, 0.5) is 5.69 Å². The van der Waals surface area contributed by atoms with E-state index in [4.69, 9.17) is 4.74 Å². The third-order valence-corrected chi connectivity index (χ3v) is 5.09. The van der Waals surface area contributed by atoms with Crippen LogP contribution in [0, 0.1) is 5.92 Å². The Morgan fingerprint density at radius 2 is 2.05 bits per heavy atom. The first-order valence-corrected chi connectivity index (χ1v) is 8.45. The quantitative estimate of drug-likeness (QED) is 0.869. The number of benzene rings is 1. The van der Waals surface area contributed by atoms with Gasteiger partial charge in [-0.25, -0.2) is 0 Å². The highest BCUT2D eigenvalue weighted by Crippen LogP contribution is 2.34. The van der Waals surface area contributed by atoms with Gasteiger partial charge >= 0.3 is 0 Å². The molecule has 1 saturated heterocycles. The zero-order valence-corrected chi connectivity index (χ0v) is 13.1. The van der Waals surface area contributed by atoms with Crippen LogP contribution >= 0.6 is 0 Å². The van der Waals surface area contributed by atoms with Gasteiger partial charge < -0.3 is 15.4 Å². The molecule has 0 aromatic heterocycles. The van der Waals surface area contributed by atoms with Crippen molar-refractivity contribution < 1.29 is 4.74 Å². The van der Waals surface area contributed by atoms with Gasteiger partial charge in [0, 0.05) is 30.4 Å². The lowest BCUT2D eigenvalue weighted by Gasteiger charge is -2.33. The van der Waals surface area contributed by atoms with Crippen LogP contribution in [-0.2, 0) is 11.3 Å². The number of nitrogens with one attached hydrogen (secondary N) is 2. The van der Waals surface area contributed by atoms with Crippen molar-refractivity contribution in [3.05, 3.63) is 29.8 Å². The van der Waals surface area contributed by atoms with Gasteiger partial charge in [-0.1, -0.05) is 31.0 Å². The molecule has 2 aliphatic rings. The minimum atomic E-state index is 0.610. The van der Waals surface area contributed by atoms with E-state index in [-0.39, 0.29) is 0 Å². The molecule has 0 spiro atoms. The predicted molar refractivity (Wildman–Crippen MR) is 87.5 cm³/mol. The van der Waals surface area contributed by atoms with E-state index < -0.39 is 0 Å². The molecule has 0 radical (unpaired) electrons. The van der Waals surface area contributed by atoms with Crippen molar-refractivity contribution in [3.63, 3.8) is 0 Å². The number of rotatable bonds is 5. The second kappa shape index (κ2) is 7.28. The molecule has 0 bridgehead atoms. The first-order valence-electron chi connectivity index (χ1n) is 8.45. The fourth-order valence-corrected chi connectivity index (χ4v) is 4.04. The molecule has 1 heterocycles. The van der Waals surface area contributed by atoms with Gasteiger partial charge in [-0.15, -0.1) is 0 Å². The molecule has 3 unspecified atom stereocenters. The molecule has 3 rings (SSSR count). The summed E-state index contributed by atoms with van der Waals surface area (Å²) in [5.41, 5.74) is 2.52. The Labute approximate surface area is 128 Å². The molecule has 3 atom stereocenters. The van der Waals surface area contributed by atoms with Crippen LogP contribution in [-0.4, -0.2) is 25.7 Å². The fourth-order valence-electron chi connectivity index (χ4n) is 4.04. The highest BCUT2D eigenvalue weighted by molar-refractivity contribution is 5.51. The number of anilines is 1. The molecule has 1 aliphatic carbocycles. The number of piperidine rings is 1. The Kier molecular flexibility index (Phi) is 5.15. The topological polar surface area (TPSA) is 33.3 Å². The average Bonchev–Trinajstić information content (AvgIpc) is 2.99. The van der Waals surface area contributed by atoms with Gasteiger partial charge in [0.25, 0.3) is 0 Å². The molecule has 3 nitrogen and oxygen atoms in total. The van der Waals surface area contributed by atoms with Crippen molar-refractivity contribution in [1.82, 2.24) is 5.32 Å². The van der Waals surface area contributed by atoms with Gasteiger partial charge in [0.2, 0.25) is 0 Å². The van der Waals surface area contributed by atoms with E-state index in [9.17, 15) is 0 Å². The predicted octanol–water partition coefficient (Wildman–Crippen LogP) is 3.56. The van der Waals surface area contributed by atoms with E-state index in [0.717, 1.165) is 5.92 Å². The molecular weight excluding hydrogens is 260 g/mol. The molecule has 1 aromatic carbocycles. The van der Waals surface area contributed by atoms with E-state index in [0.29, 0.717) is 18.7 Å². The number of ether oxygens (including phenoxy) is 1. The Hall–Kier alpha value is -1.06. The van der Waals surface area contributed by atoms with Crippen molar-refractivity contribution in [2.45, 2.75) is 57.2 Å². The second-order valence-electron chi connectivity index (χ2n) is 6.49. The van der Waals surface area contributed by atoms with Crippen molar-refractivity contribution in [1.29, 1.82) is 0 Å². The number of hydrogen-bond donors (Lipinski definition) is 2. The minimum Gasteiger partial charge on any atom is -0.382 e. The standard InChI is InChI=1S/C18H28N2O/c1-21-13-14-7-2-3-9-16(14)20-18-11-6-8-15(18)17-10-4-5-12-19-17/h2-3,7,9,15,17-20H,4-6,8,10-13H2,1H3. The Morgan fingerprint density at radius 1 is 1.14 bits per heavy atom. The van der Waals surface area contributed by atoms with Crippen molar-refractivity contribution in [2.24, 2.45) is 5.92 Å². The maximum absolute atomic E-state index is 5.32. The number of hydrogen-bond acceptors (Lipinski definition) is 3. The average molecular weight is 288 g/mol. The highest BCUT2D eigenvalue weighted by atomic mass is 16.5. The molecular formula is C18H28N2O. The van der Waals surface area contributed by atoms with Crippen molar-refractivity contribution >= 4 is 5.69 Å². The molecule has 1 aromatic rings. The molecule has 1 saturated carbocycles. The highest BCUT2D eigenvalue weighted by Gasteiger charge is 2.34. The molecule has 2 N–H and O–H groups in total. The number of para-hydroxylation sites is 1. The second-order valence-corrected chi connectivity index (χ2v) is 6.49. The fraction of sp³-hybridized carbons (Fsp3) is 0.667. The van der Waals surface area contributed by atoms with Crippen molar-refractivity contribution in [3.8, 4) is 0 Å². The Bertz CT molecular complexity index is 443. The maximum atomic E-state index is 5.32. The largest absolute Gasteiger partial charge is 0.382 e. The minimum absolute atomic E-state index is 0.610. The van der Waals surface area contributed by atoms with Gasteiger partial charge in [0.15, 0.2) is 0 Å². The summed E-state index contributed by atoms with van der Waals surface area (Å²) >= 11 is 0. The smallest absolute Gasteiger partial charge is 0.0733 e. The Morgan fingerprint density at radius 3 is 2.86 bits per heavy atom. The third-order valence-electron chi connectivity index (χ3n) is 5.09. The van der Waals surface area contributed by atoms with Crippen LogP contribution in [0.1, 0.15) is 44.1 Å². The maximum Gasteiger partial charge on any atom is 0.0733 e. The van der Waals surface area contributed by atoms with Crippen LogP contribution in [0.25, 0.3) is 0 Å². The van der Waals surface area contributed by atoms with Gasteiger partial charge in [0.05, 0.1) is 6.61 Å². The zero-order chi connectivity index (χ0) is 14.5. The van der Waals surface area contributed by atoms with Crippen LogP contribution in [0.2, 0.25) is 0 Å². The summed E-state index contributed by atoms with van der Waals surface area (Å²) in [6, 6.07) is 9.89. The van der Waals surface area contributed by atoms with Gasteiger partial charge in [-0.05, 0) is 44.2 Å². The zero-order valence-electron chi connectivity index (χ0n) is 13.1. The van der Waals surface area contributed by atoms with Crippen LogP contribution in [0.3, 0.4) is 0 Å². The summed E-state index contributed by atoms with van der Waals surface area (Å²) in [7, 11) is 1.76. The van der Waals surface area contributed by atoms with E-state index in [1.54, 1.807) is 7.11 Å². The summed E-state index contributed by atoms with van der Waals surface area (Å²) in [6.07, 6.45) is 8.10. The number of methoxy groups -OCH3 is 1. The molecule has 3 heteroatoms. The first-order chi connectivity index (χ1) is 10.4. The van der Waals surface area contributed by atoms with Gasteiger partial charge in [0.1, 0.15) is 0 Å². The van der Waals surface area contributed by atoms with Gasteiger partial charge in [-0.3, -0.25) is 0 Å². The van der Waals surface area contributed by atoms with Crippen LogP contribution in [0.15, 0.2) is 24.3 Å². The molecule has 116 valence electrons. The van der Waals surface area contributed by atoms with E-state index in [1.807, 2.05) is 0 Å². The lowest BCUT2D eigenvalue weighted by atomic mass is 9.88. The van der Waals surface area contributed by atoms with E-state index in [1.165, 1.54) is 56.3 Å². The van der Waals surface area contributed by atoms with Crippen LogP contribution in [0.5, 0.6) is 0 Å². The summed E-state index contributed by atoms with van der Waals surface area (Å²) in [5, 5.41) is 7.57. The normalized spacial score (nSPS) is 29.5. The molecule has 0 amide bonds. The lowest BCUT2D eigenvalue weighted by molar-refractivity contribution is 0.185. The Balaban J connectivity index is 1.68. The van der Waals surface area contributed by atoms with E-state index in [2.05, 4.69) is 34.9 Å².